The summed E-state index contributed by atoms with van der Waals surface area (Å²) in [6.45, 7) is 1.78. The van der Waals surface area contributed by atoms with Gasteiger partial charge >= 0.3 is 0 Å². The van der Waals surface area contributed by atoms with Gasteiger partial charge in [-0.2, -0.15) is 0 Å². The van der Waals surface area contributed by atoms with Crippen molar-refractivity contribution in [2.75, 3.05) is 5.32 Å². The van der Waals surface area contributed by atoms with Crippen molar-refractivity contribution in [1.82, 2.24) is 5.32 Å². The maximum atomic E-state index is 11.9. The Hall–Kier alpha value is -1.84. The van der Waals surface area contributed by atoms with Gasteiger partial charge in [0, 0.05) is 12.5 Å². The van der Waals surface area contributed by atoms with Gasteiger partial charge in [-0.05, 0) is 25.0 Å². The molecule has 1 aromatic rings. The number of carbonyl (C=O) groups is 2. The molecule has 1 aromatic carbocycles. The van der Waals surface area contributed by atoms with Gasteiger partial charge in [0.2, 0.25) is 5.91 Å². The van der Waals surface area contributed by atoms with Gasteiger partial charge < -0.3 is 10.6 Å². The van der Waals surface area contributed by atoms with E-state index in [4.69, 9.17) is 0 Å². The normalized spacial score (nSPS) is 14.2. The Morgan fingerprint density at radius 2 is 2.00 bits per heavy atom. The van der Waals surface area contributed by atoms with E-state index in [-0.39, 0.29) is 11.8 Å². The van der Waals surface area contributed by atoms with Crippen molar-refractivity contribution in [3.05, 3.63) is 29.8 Å². The van der Waals surface area contributed by atoms with E-state index in [1.165, 1.54) is 0 Å². The third kappa shape index (κ3) is 3.06. The molecule has 0 unspecified atom stereocenters. The predicted octanol–water partition coefficient (Wildman–Crippen LogP) is 1.93. The summed E-state index contributed by atoms with van der Waals surface area (Å²) in [6, 6.07) is 7.39. The molecule has 0 aliphatic heterocycles. The molecule has 1 aliphatic carbocycles. The standard InChI is InChI=1S/C13H16N2O2/c1-2-12(16)15-11-6-4-3-5-10(11)13(17)14-9-7-8-9/h3-6,9H,2,7-8H2,1H3,(H,14,17)(H,15,16). The Morgan fingerprint density at radius 1 is 1.29 bits per heavy atom. The van der Waals surface area contributed by atoms with Gasteiger partial charge in [-0.1, -0.05) is 19.1 Å². The van der Waals surface area contributed by atoms with Crippen LogP contribution in [0.1, 0.15) is 36.5 Å². The van der Waals surface area contributed by atoms with Crippen LogP contribution in [-0.4, -0.2) is 17.9 Å². The van der Waals surface area contributed by atoms with Gasteiger partial charge in [-0.15, -0.1) is 0 Å². The van der Waals surface area contributed by atoms with Gasteiger partial charge in [0.15, 0.2) is 0 Å². The second-order valence-corrected chi connectivity index (χ2v) is 4.20. The van der Waals surface area contributed by atoms with Crippen LogP contribution in [0.4, 0.5) is 5.69 Å². The number of hydrogen-bond donors (Lipinski definition) is 2. The monoisotopic (exact) mass is 232 g/mol. The lowest BCUT2D eigenvalue weighted by Crippen LogP contribution is -2.26. The highest BCUT2D eigenvalue weighted by Crippen LogP contribution is 2.21. The van der Waals surface area contributed by atoms with Crippen LogP contribution in [0, 0.1) is 0 Å². The lowest BCUT2D eigenvalue weighted by atomic mass is 10.1. The van der Waals surface area contributed by atoms with Crippen molar-refractivity contribution in [3.8, 4) is 0 Å². The Labute approximate surface area is 100 Å². The molecule has 0 aromatic heterocycles. The zero-order valence-corrected chi connectivity index (χ0v) is 9.82. The van der Waals surface area contributed by atoms with E-state index >= 15 is 0 Å². The van der Waals surface area contributed by atoms with E-state index in [1.54, 1.807) is 31.2 Å². The van der Waals surface area contributed by atoms with Crippen LogP contribution in [0.15, 0.2) is 24.3 Å². The summed E-state index contributed by atoms with van der Waals surface area (Å²) in [5.41, 5.74) is 1.11. The van der Waals surface area contributed by atoms with Crippen LogP contribution in [0.25, 0.3) is 0 Å². The topological polar surface area (TPSA) is 58.2 Å². The first-order chi connectivity index (χ1) is 8.20. The highest BCUT2D eigenvalue weighted by Gasteiger charge is 2.24. The number of benzene rings is 1. The van der Waals surface area contributed by atoms with Crippen molar-refractivity contribution in [2.24, 2.45) is 0 Å². The first-order valence-corrected chi connectivity index (χ1v) is 5.90. The number of anilines is 1. The number of carbonyl (C=O) groups excluding carboxylic acids is 2. The average Bonchev–Trinajstić information content (AvgIpc) is 3.13. The molecule has 2 N–H and O–H groups in total. The zero-order valence-electron chi connectivity index (χ0n) is 9.82. The molecule has 1 aliphatic rings. The molecule has 17 heavy (non-hydrogen) atoms. The highest BCUT2D eigenvalue weighted by atomic mass is 16.2. The third-order valence-corrected chi connectivity index (χ3v) is 2.68. The molecular formula is C13H16N2O2. The van der Waals surface area contributed by atoms with Crippen molar-refractivity contribution in [1.29, 1.82) is 0 Å². The Kier molecular flexibility index (Phi) is 3.42. The Balaban J connectivity index is 2.13. The van der Waals surface area contributed by atoms with Crippen molar-refractivity contribution in [2.45, 2.75) is 32.2 Å². The average molecular weight is 232 g/mol. The van der Waals surface area contributed by atoms with Gasteiger partial charge in [0.1, 0.15) is 0 Å². The van der Waals surface area contributed by atoms with Gasteiger partial charge in [-0.25, -0.2) is 0 Å². The Morgan fingerprint density at radius 3 is 2.65 bits per heavy atom. The van der Waals surface area contributed by atoms with Crippen LogP contribution in [0.2, 0.25) is 0 Å². The van der Waals surface area contributed by atoms with E-state index in [1.807, 2.05) is 0 Å². The number of rotatable bonds is 4. The molecule has 2 rings (SSSR count). The minimum Gasteiger partial charge on any atom is -0.349 e. The minimum atomic E-state index is -0.112. The molecule has 0 atom stereocenters. The van der Waals surface area contributed by atoms with Crippen LogP contribution in [-0.2, 0) is 4.79 Å². The van der Waals surface area contributed by atoms with Crippen LogP contribution in [0.5, 0.6) is 0 Å². The molecule has 2 amide bonds. The number of amides is 2. The van der Waals surface area contributed by atoms with Crippen LogP contribution < -0.4 is 10.6 Å². The second kappa shape index (κ2) is 4.99. The van der Waals surface area contributed by atoms with Crippen LogP contribution >= 0.6 is 0 Å². The predicted molar refractivity (Wildman–Crippen MR) is 65.9 cm³/mol. The van der Waals surface area contributed by atoms with E-state index in [2.05, 4.69) is 10.6 Å². The molecule has 0 bridgehead atoms. The van der Waals surface area contributed by atoms with Crippen molar-refractivity contribution >= 4 is 17.5 Å². The molecule has 0 heterocycles. The summed E-state index contributed by atoms with van der Waals surface area (Å²) in [4.78, 5) is 23.3. The van der Waals surface area contributed by atoms with Gasteiger partial charge in [0.05, 0.1) is 11.3 Å². The van der Waals surface area contributed by atoms with E-state index in [0.29, 0.717) is 23.7 Å². The number of para-hydroxylation sites is 1. The minimum absolute atomic E-state index is 0.0864. The van der Waals surface area contributed by atoms with Crippen LogP contribution in [0.3, 0.4) is 0 Å². The smallest absolute Gasteiger partial charge is 0.253 e. The SMILES string of the molecule is CCC(=O)Nc1ccccc1C(=O)NC1CC1. The zero-order chi connectivity index (χ0) is 12.3. The quantitative estimate of drug-likeness (QED) is 0.833. The fraction of sp³-hybridized carbons (Fsp3) is 0.385. The second-order valence-electron chi connectivity index (χ2n) is 4.20. The fourth-order valence-electron chi connectivity index (χ4n) is 1.52. The van der Waals surface area contributed by atoms with Crippen molar-refractivity contribution < 1.29 is 9.59 Å². The number of hydrogen-bond acceptors (Lipinski definition) is 2. The molecule has 0 saturated heterocycles. The number of nitrogens with one attached hydrogen (secondary N) is 2. The third-order valence-electron chi connectivity index (χ3n) is 2.68. The lowest BCUT2D eigenvalue weighted by Gasteiger charge is -2.10. The fourth-order valence-corrected chi connectivity index (χ4v) is 1.52. The first-order valence-electron chi connectivity index (χ1n) is 5.90. The molecule has 90 valence electrons. The van der Waals surface area contributed by atoms with Gasteiger partial charge in [-0.3, -0.25) is 9.59 Å². The molecule has 4 nitrogen and oxygen atoms in total. The maximum absolute atomic E-state index is 11.9. The molecule has 4 heteroatoms. The van der Waals surface area contributed by atoms with E-state index in [9.17, 15) is 9.59 Å². The van der Waals surface area contributed by atoms with Gasteiger partial charge in [0.25, 0.3) is 5.91 Å². The van der Waals surface area contributed by atoms with E-state index < -0.39 is 0 Å². The lowest BCUT2D eigenvalue weighted by molar-refractivity contribution is -0.115. The summed E-state index contributed by atoms with van der Waals surface area (Å²) in [7, 11) is 0. The molecule has 1 saturated carbocycles. The molecule has 1 fully saturated rings. The Bertz CT molecular complexity index is 439. The van der Waals surface area contributed by atoms with Crippen molar-refractivity contribution in [3.63, 3.8) is 0 Å². The summed E-state index contributed by atoms with van der Waals surface area (Å²) >= 11 is 0. The largest absolute Gasteiger partial charge is 0.349 e. The molecule has 0 radical (unpaired) electrons. The summed E-state index contributed by atoms with van der Waals surface area (Å²) < 4.78 is 0. The summed E-state index contributed by atoms with van der Waals surface area (Å²) in [5.74, 6) is -0.198. The molecule has 0 spiro atoms. The summed E-state index contributed by atoms with van der Waals surface area (Å²) in [6.07, 6.45) is 2.50. The molecular weight excluding hydrogens is 216 g/mol. The first kappa shape index (κ1) is 11.6. The van der Waals surface area contributed by atoms with E-state index in [0.717, 1.165) is 12.8 Å². The maximum Gasteiger partial charge on any atom is 0.253 e. The highest BCUT2D eigenvalue weighted by molar-refractivity contribution is 6.03. The summed E-state index contributed by atoms with van der Waals surface area (Å²) in [5, 5.41) is 5.65.